The van der Waals surface area contributed by atoms with E-state index in [1.807, 2.05) is 0 Å². The zero-order valence-electron chi connectivity index (χ0n) is 15.1. The van der Waals surface area contributed by atoms with Gasteiger partial charge in [0.25, 0.3) is 0 Å². The highest BCUT2D eigenvalue weighted by molar-refractivity contribution is 5.77. The molecule has 0 atom stereocenters. The highest BCUT2D eigenvalue weighted by Crippen LogP contribution is 2.06. The number of carbonyl (C=O) groups excluding carboxylic acids is 2. The second kappa shape index (κ2) is 13.4. The van der Waals surface area contributed by atoms with Gasteiger partial charge in [0.1, 0.15) is 5.82 Å². The summed E-state index contributed by atoms with van der Waals surface area (Å²) in [7, 11) is 0. The number of carbonyl (C=O) groups is 2. The van der Waals surface area contributed by atoms with Crippen molar-refractivity contribution in [2.75, 3.05) is 13.2 Å². The molecule has 0 saturated carbocycles. The SMILES string of the molecule is CCCCCCCCOC(=O)CCC(=O)OCCc1ccc(F)cc1. The van der Waals surface area contributed by atoms with Crippen LogP contribution in [0.5, 0.6) is 0 Å². The van der Waals surface area contributed by atoms with E-state index >= 15 is 0 Å². The molecule has 4 nitrogen and oxygen atoms in total. The summed E-state index contributed by atoms with van der Waals surface area (Å²) < 4.78 is 22.9. The third-order valence-corrected chi connectivity index (χ3v) is 3.86. The lowest BCUT2D eigenvalue weighted by Crippen LogP contribution is -2.12. The van der Waals surface area contributed by atoms with Crippen LogP contribution >= 0.6 is 0 Å². The van der Waals surface area contributed by atoms with E-state index in [0.29, 0.717) is 13.0 Å². The summed E-state index contributed by atoms with van der Waals surface area (Å²) in [6.07, 6.45) is 7.41. The Morgan fingerprint density at radius 1 is 0.840 bits per heavy atom. The van der Waals surface area contributed by atoms with Crippen molar-refractivity contribution in [3.05, 3.63) is 35.6 Å². The first-order valence-corrected chi connectivity index (χ1v) is 9.17. The number of esters is 2. The first-order valence-electron chi connectivity index (χ1n) is 9.17. The van der Waals surface area contributed by atoms with Crippen LogP contribution in [0.15, 0.2) is 24.3 Å². The van der Waals surface area contributed by atoms with Gasteiger partial charge in [0, 0.05) is 6.42 Å². The Hall–Kier alpha value is -1.91. The fourth-order valence-electron chi connectivity index (χ4n) is 2.35. The summed E-state index contributed by atoms with van der Waals surface area (Å²) in [6, 6.07) is 6.06. The van der Waals surface area contributed by atoms with E-state index in [0.717, 1.165) is 18.4 Å². The quantitative estimate of drug-likeness (QED) is 0.385. The molecule has 0 aliphatic heterocycles. The molecule has 5 heteroatoms. The number of benzene rings is 1. The third kappa shape index (κ3) is 11.3. The molecule has 0 aromatic heterocycles. The molecule has 25 heavy (non-hydrogen) atoms. The van der Waals surface area contributed by atoms with Crippen LogP contribution in [0.4, 0.5) is 4.39 Å². The van der Waals surface area contributed by atoms with Crippen LogP contribution < -0.4 is 0 Å². The molecule has 0 aliphatic carbocycles. The largest absolute Gasteiger partial charge is 0.466 e. The maximum atomic E-state index is 12.8. The van der Waals surface area contributed by atoms with Crippen molar-refractivity contribution < 1.29 is 23.5 Å². The molecular formula is C20H29FO4. The highest BCUT2D eigenvalue weighted by Gasteiger charge is 2.09. The second-order valence-electron chi connectivity index (χ2n) is 6.09. The van der Waals surface area contributed by atoms with Crippen molar-refractivity contribution in [3.63, 3.8) is 0 Å². The van der Waals surface area contributed by atoms with E-state index in [-0.39, 0.29) is 31.2 Å². The standard InChI is InChI=1S/C20H29FO4/c1-2-3-4-5-6-7-15-24-19(22)12-13-20(23)25-16-14-17-8-10-18(21)11-9-17/h8-11H,2-7,12-16H2,1H3. The van der Waals surface area contributed by atoms with Gasteiger partial charge in [-0.25, -0.2) is 4.39 Å². The van der Waals surface area contributed by atoms with Gasteiger partial charge in [0.2, 0.25) is 0 Å². The molecule has 0 radical (unpaired) electrons. The maximum Gasteiger partial charge on any atom is 0.306 e. The van der Waals surface area contributed by atoms with E-state index < -0.39 is 5.97 Å². The number of hydrogen-bond acceptors (Lipinski definition) is 4. The molecule has 0 N–H and O–H groups in total. The van der Waals surface area contributed by atoms with Gasteiger partial charge in [-0.1, -0.05) is 51.2 Å². The number of halogens is 1. The van der Waals surface area contributed by atoms with Gasteiger partial charge < -0.3 is 9.47 Å². The molecule has 1 aromatic rings. The van der Waals surface area contributed by atoms with Crippen LogP contribution in [0, 0.1) is 5.82 Å². The number of rotatable bonds is 13. The molecule has 0 unspecified atom stereocenters. The minimum Gasteiger partial charge on any atom is -0.466 e. The molecule has 0 spiro atoms. The van der Waals surface area contributed by atoms with Crippen molar-refractivity contribution in [1.29, 1.82) is 0 Å². The smallest absolute Gasteiger partial charge is 0.306 e. The molecule has 1 rings (SSSR count). The van der Waals surface area contributed by atoms with Crippen LogP contribution in [0.3, 0.4) is 0 Å². The van der Waals surface area contributed by atoms with Crippen LogP contribution in [0.25, 0.3) is 0 Å². The van der Waals surface area contributed by atoms with Gasteiger partial charge in [-0.05, 0) is 24.1 Å². The molecule has 0 fully saturated rings. The Balaban J connectivity index is 1.99. The zero-order chi connectivity index (χ0) is 18.3. The monoisotopic (exact) mass is 352 g/mol. The van der Waals surface area contributed by atoms with Gasteiger partial charge in [-0.15, -0.1) is 0 Å². The van der Waals surface area contributed by atoms with Gasteiger partial charge in [0.05, 0.1) is 26.1 Å². The predicted octanol–water partition coefficient (Wildman–Crippen LogP) is 4.60. The topological polar surface area (TPSA) is 52.6 Å². The van der Waals surface area contributed by atoms with Crippen LogP contribution in [-0.2, 0) is 25.5 Å². The fraction of sp³-hybridized carbons (Fsp3) is 0.600. The average molecular weight is 352 g/mol. The van der Waals surface area contributed by atoms with Crippen LogP contribution in [0.2, 0.25) is 0 Å². The Morgan fingerprint density at radius 3 is 2.04 bits per heavy atom. The number of unbranched alkanes of at least 4 members (excludes halogenated alkanes) is 5. The van der Waals surface area contributed by atoms with Crippen molar-refractivity contribution in [2.45, 2.75) is 64.7 Å². The lowest BCUT2D eigenvalue weighted by molar-refractivity contribution is -0.150. The van der Waals surface area contributed by atoms with Crippen LogP contribution in [-0.4, -0.2) is 25.2 Å². The summed E-state index contributed by atoms with van der Waals surface area (Å²) in [5, 5.41) is 0. The summed E-state index contributed by atoms with van der Waals surface area (Å²) in [5.74, 6) is -1.07. The molecule has 0 aliphatic rings. The van der Waals surface area contributed by atoms with Gasteiger partial charge in [-0.3, -0.25) is 9.59 Å². The Bertz CT molecular complexity index is 499. The molecule has 140 valence electrons. The predicted molar refractivity (Wildman–Crippen MR) is 94.6 cm³/mol. The minimum absolute atomic E-state index is 0.0265. The van der Waals surface area contributed by atoms with E-state index in [1.165, 1.54) is 37.8 Å². The molecular weight excluding hydrogens is 323 g/mol. The van der Waals surface area contributed by atoms with Gasteiger partial charge in [0.15, 0.2) is 0 Å². The number of hydrogen-bond donors (Lipinski definition) is 0. The Morgan fingerprint density at radius 2 is 1.40 bits per heavy atom. The van der Waals surface area contributed by atoms with Gasteiger partial charge >= 0.3 is 11.9 Å². The summed E-state index contributed by atoms with van der Waals surface area (Å²) in [5.41, 5.74) is 0.896. The molecule has 0 bridgehead atoms. The van der Waals surface area contributed by atoms with Crippen molar-refractivity contribution in [1.82, 2.24) is 0 Å². The first kappa shape index (κ1) is 21.1. The van der Waals surface area contributed by atoms with Crippen molar-refractivity contribution in [2.24, 2.45) is 0 Å². The van der Waals surface area contributed by atoms with Gasteiger partial charge in [-0.2, -0.15) is 0 Å². The maximum absolute atomic E-state index is 12.8. The van der Waals surface area contributed by atoms with Crippen molar-refractivity contribution in [3.8, 4) is 0 Å². The zero-order valence-corrected chi connectivity index (χ0v) is 15.1. The summed E-state index contributed by atoms with van der Waals surface area (Å²) in [6.45, 7) is 2.82. The fourth-order valence-corrected chi connectivity index (χ4v) is 2.35. The normalized spacial score (nSPS) is 10.5. The van der Waals surface area contributed by atoms with Crippen LogP contribution in [0.1, 0.15) is 63.9 Å². The molecule has 0 heterocycles. The number of ether oxygens (including phenoxy) is 2. The van der Waals surface area contributed by atoms with E-state index in [1.54, 1.807) is 12.1 Å². The first-order chi connectivity index (χ1) is 12.1. The summed E-state index contributed by atoms with van der Waals surface area (Å²) >= 11 is 0. The highest BCUT2D eigenvalue weighted by atomic mass is 19.1. The summed E-state index contributed by atoms with van der Waals surface area (Å²) in [4.78, 5) is 23.1. The molecule has 0 saturated heterocycles. The van der Waals surface area contributed by atoms with E-state index in [9.17, 15) is 14.0 Å². The minimum atomic E-state index is -0.418. The third-order valence-electron chi connectivity index (χ3n) is 3.86. The average Bonchev–Trinajstić information content (AvgIpc) is 2.61. The van der Waals surface area contributed by atoms with Crippen molar-refractivity contribution >= 4 is 11.9 Å². The van der Waals surface area contributed by atoms with E-state index in [2.05, 4.69) is 6.92 Å². The lowest BCUT2D eigenvalue weighted by atomic mass is 10.1. The molecule has 0 amide bonds. The Kier molecular flexibility index (Phi) is 11.3. The second-order valence-corrected chi connectivity index (χ2v) is 6.09. The Labute approximate surface area is 149 Å². The molecule has 1 aromatic carbocycles. The lowest BCUT2D eigenvalue weighted by Gasteiger charge is -2.06. The van der Waals surface area contributed by atoms with E-state index in [4.69, 9.17) is 9.47 Å².